The number of nitrogens with two attached hydrogens (primary N) is 1. The molecule has 3 heterocycles. The Morgan fingerprint density at radius 2 is 2.07 bits per heavy atom. The Hall–Kier alpha value is -2.59. The Kier molecular flexibility index (Phi) is 5.35. The van der Waals surface area contributed by atoms with Gasteiger partial charge in [-0.3, -0.25) is 10.1 Å². The highest BCUT2D eigenvalue weighted by Crippen LogP contribution is 2.33. The average Bonchev–Trinajstić information content (AvgIpc) is 3.17. The number of amides is 3. The van der Waals surface area contributed by atoms with Crippen LogP contribution >= 0.6 is 11.3 Å². The third-order valence-electron chi connectivity index (χ3n) is 4.49. The van der Waals surface area contributed by atoms with Crippen LogP contribution in [-0.4, -0.2) is 55.6 Å². The number of aryl methyl sites for hydroxylation is 1. The first-order chi connectivity index (χ1) is 13.1. The minimum absolute atomic E-state index is 0.188. The van der Waals surface area contributed by atoms with Crippen molar-refractivity contribution in [3.63, 3.8) is 0 Å². The molecule has 0 aromatic carbocycles. The number of anilines is 1. The number of nitrogens with zero attached hydrogens (tertiary/aromatic N) is 4. The molecule has 3 rings (SSSR count). The third kappa shape index (κ3) is 3.97. The van der Waals surface area contributed by atoms with E-state index in [1.165, 1.54) is 16.2 Å². The number of carbonyl (C=O) groups excluding carboxylic acids is 2. The van der Waals surface area contributed by atoms with Crippen molar-refractivity contribution in [2.75, 3.05) is 11.9 Å². The van der Waals surface area contributed by atoms with Gasteiger partial charge < -0.3 is 15.7 Å². The van der Waals surface area contributed by atoms with Gasteiger partial charge in [0.1, 0.15) is 11.9 Å². The number of nitrogens with one attached hydrogen (secondary N) is 1. The Morgan fingerprint density at radius 1 is 1.36 bits per heavy atom. The first-order valence-electron chi connectivity index (χ1n) is 8.94. The van der Waals surface area contributed by atoms with E-state index in [1.54, 1.807) is 12.3 Å². The molecule has 1 saturated heterocycles. The van der Waals surface area contributed by atoms with E-state index in [4.69, 9.17) is 5.73 Å². The Labute approximate surface area is 167 Å². The van der Waals surface area contributed by atoms with E-state index in [0.29, 0.717) is 11.6 Å². The molecule has 2 atom stereocenters. The Balaban J connectivity index is 1.82. The molecule has 28 heavy (non-hydrogen) atoms. The second-order valence-corrected chi connectivity index (χ2v) is 8.77. The molecule has 9 nitrogen and oxygen atoms in total. The lowest BCUT2D eigenvalue weighted by Gasteiger charge is -2.23. The van der Waals surface area contributed by atoms with E-state index >= 15 is 0 Å². The summed E-state index contributed by atoms with van der Waals surface area (Å²) in [4.78, 5) is 39.5. The maximum Gasteiger partial charge on any atom is 0.324 e. The highest BCUT2D eigenvalue weighted by Gasteiger charge is 2.40. The summed E-state index contributed by atoms with van der Waals surface area (Å²) in [7, 11) is 0. The van der Waals surface area contributed by atoms with Crippen molar-refractivity contribution in [3.05, 3.63) is 23.8 Å². The highest BCUT2D eigenvalue weighted by atomic mass is 32.1. The van der Waals surface area contributed by atoms with E-state index < -0.39 is 24.1 Å². The number of thiazole rings is 1. The quantitative estimate of drug-likeness (QED) is 0.712. The first-order valence-corrected chi connectivity index (χ1v) is 9.76. The summed E-state index contributed by atoms with van der Waals surface area (Å²) in [5.41, 5.74) is 6.59. The number of hydrogen-bond donors (Lipinski definition) is 3. The normalized spacial score (nSPS) is 19.7. The summed E-state index contributed by atoms with van der Waals surface area (Å²) in [6.07, 6.45) is 1.07. The molecule has 0 saturated carbocycles. The SMILES string of the molecule is Cc1nc(NC(=O)N2CC[C@@H](O)[C@H]2C(N)=O)sc1-c1ccnc(C(C)(C)C)n1. The zero-order chi connectivity index (χ0) is 20.6. The van der Waals surface area contributed by atoms with E-state index in [-0.39, 0.29) is 12.0 Å². The minimum atomic E-state index is -1.03. The molecule has 0 radical (unpaired) electrons. The maximum atomic E-state index is 12.6. The molecule has 0 spiro atoms. The van der Waals surface area contributed by atoms with Crippen molar-refractivity contribution < 1.29 is 14.7 Å². The number of hydrogen-bond acceptors (Lipinski definition) is 7. The standard InChI is InChI=1S/C18H24N6O3S/c1-9-13(10-5-7-20-15(22-10)18(2,3)4)28-16(21-9)23-17(27)24-8-6-11(25)12(24)14(19)26/h5,7,11-12,25H,6,8H2,1-4H3,(H2,19,26)(H,21,23,27)/t11-,12+/m1/s1. The zero-order valence-corrected chi connectivity index (χ0v) is 17.1. The lowest BCUT2D eigenvalue weighted by molar-refractivity contribution is -0.123. The predicted molar refractivity (Wildman–Crippen MR) is 106 cm³/mol. The van der Waals surface area contributed by atoms with Crippen molar-refractivity contribution in [3.8, 4) is 10.6 Å². The lowest BCUT2D eigenvalue weighted by Crippen LogP contribution is -2.49. The van der Waals surface area contributed by atoms with Crippen LogP contribution in [0.25, 0.3) is 10.6 Å². The fraction of sp³-hybridized carbons (Fsp3) is 0.500. The van der Waals surface area contributed by atoms with Crippen LogP contribution in [0.1, 0.15) is 38.7 Å². The fourth-order valence-electron chi connectivity index (χ4n) is 3.04. The molecule has 150 valence electrons. The van der Waals surface area contributed by atoms with Gasteiger partial charge in [0.2, 0.25) is 5.91 Å². The first kappa shape index (κ1) is 20.2. The van der Waals surface area contributed by atoms with Crippen molar-refractivity contribution in [2.24, 2.45) is 5.73 Å². The Morgan fingerprint density at radius 3 is 2.71 bits per heavy atom. The van der Waals surface area contributed by atoms with Crippen LogP contribution in [0.15, 0.2) is 12.3 Å². The molecular formula is C18H24N6O3S. The van der Waals surface area contributed by atoms with Gasteiger partial charge in [-0.1, -0.05) is 32.1 Å². The predicted octanol–water partition coefficient (Wildman–Crippen LogP) is 1.66. The van der Waals surface area contributed by atoms with Gasteiger partial charge >= 0.3 is 6.03 Å². The maximum absolute atomic E-state index is 12.6. The lowest BCUT2D eigenvalue weighted by atomic mass is 9.95. The monoisotopic (exact) mass is 404 g/mol. The van der Waals surface area contributed by atoms with Crippen molar-refractivity contribution in [2.45, 2.75) is 51.7 Å². The van der Waals surface area contributed by atoms with Crippen molar-refractivity contribution in [1.29, 1.82) is 0 Å². The summed E-state index contributed by atoms with van der Waals surface area (Å²) >= 11 is 1.29. The van der Waals surface area contributed by atoms with E-state index in [9.17, 15) is 14.7 Å². The molecular weight excluding hydrogens is 380 g/mol. The summed E-state index contributed by atoms with van der Waals surface area (Å²) in [5.74, 6) is -0.00871. The van der Waals surface area contributed by atoms with Crippen LogP contribution in [0.5, 0.6) is 0 Å². The fourth-order valence-corrected chi connectivity index (χ4v) is 3.97. The average molecular weight is 404 g/mol. The molecule has 1 fully saturated rings. The number of carbonyl (C=O) groups is 2. The van der Waals surface area contributed by atoms with Gasteiger partial charge in [-0.15, -0.1) is 0 Å². The number of primary amides is 1. The van der Waals surface area contributed by atoms with Crippen LogP contribution in [0.4, 0.5) is 9.93 Å². The van der Waals surface area contributed by atoms with Gasteiger partial charge in [0, 0.05) is 18.2 Å². The van der Waals surface area contributed by atoms with Gasteiger partial charge in [-0.25, -0.2) is 19.7 Å². The third-order valence-corrected chi connectivity index (χ3v) is 5.58. The minimum Gasteiger partial charge on any atom is -0.390 e. The molecule has 3 amide bonds. The van der Waals surface area contributed by atoms with Gasteiger partial charge in [-0.2, -0.15) is 0 Å². The zero-order valence-electron chi connectivity index (χ0n) is 16.3. The Bertz CT molecular complexity index is 907. The number of likely N-dealkylation sites (tertiary alicyclic amines) is 1. The van der Waals surface area contributed by atoms with Crippen LogP contribution in [0.2, 0.25) is 0 Å². The molecule has 2 aromatic heterocycles. The van der Waals surface area contributed by atoms with Crippen LogP contribution < -0.4 is 11.1 Å². The highest BCUT2D eigenvalue weighted by molar-refractivity contribution is 7.19. The topological polar surface area (TPSA) is 134 Å². The molecule has 2 aromatic rings. The smallest absolute Gasteiger partial charge is 0.324 e. The molecule has 1 aliphatic heterocycles. The van der Waals surface area contributed by atoms with Gasteiger partial charge in [0.25, 0.3) is 0 Å². The number of aliphatic hydroxyl groups excluding tert-OH is 1. The number of aromatic nitrogens is 3. The van der Waals surface area contributed by atoms with Crippen LogP contribution in [-0.2, 0) is 10.2 Å². The van der Waals surface area contributed by atoms with Gasteiger partial charge in [0.15, 0.2) is 5.13 Å². The number of aliphatic hydroxyl groups is 1. The van der Waals surface area contributed by atoms with E-state index in [1.807, 2.05) is 27.7 Å². The largest absolute Gasteiger partial charge is 0.390 e. The van der Waals surface area contributed by atoms with Gasteiger partial charge in [-0.05, 0) is 19.4 Å². The summed E-state index contributed by atoms with van der Waals surface area (Å²) in [5, 5.41) is 13.0. The van der Waals surface area contributed by atoms with Crippen LogP contribution in [0, 0.1) is 6.92 Å². The summed E-state index contributed by atoms with van der Waals surface area (Å²) in [6, 6.07) is 0.261. The number of urea groups is 1. The summed E-state index contributed by atoms with van der Waals surface area (Å²) in [6.45, 7) is 8.20. The molecule has 4 N–H and O–H groups in total. The molecule has 0 bridgehead atoms. The van der Waals surface area contributed by atoms with E-state index in [0.717, 1.165) is 22.1 Å². The number of rotatable bonds is 3. The summed E-state index contributed by atoms with van der Waals surface area (Å²) < 4.78 is 0. The van der Waals surface area contributed by atoms with Crippen molar-refractivity contribution in [1.82, 2.24) is 19.9 Å². The molecule has 10 heteroatoms. The van der Waals surface area contributed by atoms with Crippen molar-refractivity contribution >= 4 is 28.4 Å². The molecule has 0 aliphatic carbocycles. The molecule has 0 unspecified atom stereocenters. The van der Waals surface area contributed by atoms with Gasteiger partial charge in [0.05, 0.1) is 22.4 Å². The van der Waals surface area contributed by atoms with E-state index in [2.05, 4.69) is 20.3 Å². The van der Waals surface area contributed by atoms with Crippen LogP contribution in [0.3, 0.4) is 0 Å². The molecule has 1 aliphatic rings. The second kappa shape index (κ2) is 7.44. The second-order valence-electron chi connectivity index (χ2n) is 7.78.